The van der Waals surface area contributed by atoms with Gasteiger partial charge in [0, 0.05) is 17.0 Å². The predicted molar refractivity (Wildman–Crippen MR) is 76.2 cm³/mol. The van der Waals surface area contributed by atoms with Gasteiger partial charge in [-0.05, 0) is 34.5 Å². The van der Waals surface area contributed by atoms with Crippen molar-refractivity contribution in [1.29, 1.82) is 0 Å². The van der Waals surface area contributed by atoms with Crippen molar-refractivity contribution >= 4 is 39.2 Å². The SMILES string of the molecule is CCC(=O)CN(C(=O)O)c1c(Br)cc(C)cc1[N+](=O)[O-]. The summed E-state index contributed by atoms with van der Waals surface area (Å²) in [6, 6.07) is 2.83. The Bertz CT molecular complexity index is 573. The first-order valence-electron chi connectivity index (χ1n) is 5.74. The van der Waals surface area contributed by atoms with Gasteiger partial charge in [0.05, 0.1) is 11.5 Å². The average Bonchev–Trinajstić information content (AvgIpc) is 2.35. The molecule has 0 unspecified atom stereocenters. The van der Waals surface area contributed by atoms with E-state index in [-0.39, 0.29) is 28.1 Å². The number of hydrogen-bond donors (Lipinski definition) is 1. The third-order valence-corrected chi connectivity index (χ3v) is 3.22. The van der Waals surface area contributed by atoms with Crippen LogP contribution in [0.3, 0.4) is 0 Å². The first kappa shape index (κ1) is 16.1. The molecule has 0 atom stereocenters. The van der Waals surface area contributed by atoms with Crippen LogP contribution in [-0.4, -0.2) is 28.5 Å². The van der Waals surface area contributed by atoms with Gasteiger partial charge in [-0.1, -0.05) is 6.92 Å². The maximum absolute atomic E-state index is 11.5. The number of carbonyl (C=O) groups is 2. The number of ketones is 1. The number of nitro groups is 1. The lowest BCUT2D eigenvalue weighted by Gasteiger charge is -2.19. The zero-order valence-corrected chi connectivity index (χ0v) is 12.5. The molecule has 8 heteroatoms. The van der Waals surface area contributed by atoms with Crippen molar-refractivity contribution in [3.05, 3.63) is 32.3 Å². The number of amides is 1. The lowest BCUT2D eigenvalue weighted by atomic mass is 10.1. The second kappa shape index (κ2) is 6.47. The summed E-state index contributed by atoms with van der Waals surface area (Å²) in [6.45, 7) is 2.83. The molecule has 0 bridgehead atoms. The predicted octanol–water partition coefficient (Wildman–Crippen LogP) is 3.13. The molecule has 0 aliphatic heterocycles. The average molecular weight is 345 g/mol. The topological polar surface area (TPSA) is 101 Å². The minimum atomic E-state index is -1.42. The summed E-state index contributed by atoms with van der Waals surface area (Å²) in [5.41, 5.74) is 0.123. The first-order valence-corrected chi connectivity index (χ1v) is 6.53. The molecule has 0 heterocycles. The lowest BCUT2D eigenvalue weighted by molar-refractivity contribution is -0.384. The van der Waals surface area contributed by atoms with Crippen molar-refractivity contribution < 1.29 is 19.6 Å². The number of anilines is 1. The lowest BCUT2D eigenvalue weighted by Crippen LogP contribution is -2.35. The van der Waals surface area contributed by atoms with Gasteiger partial charge in [0.15, 0.2) is 5.78 Å². The third kappa shape index (κ3) is 3.53. The highest BCUT2D eigenvalue weighted by Gasteiger charge is 2.28. The molecule has 1 rings (SSSR count). The van der Waals surface area contributed by atoms with Crippen molar-refractivity contribution in [2.45, 2.75) is 20.3 Å². The first-order chi connectivity index (χ1) is 9.27. The molecule has 1 N–H and O–H groups in total. The largest absolute Gasteiger partial charge is 0.465 e. The second-order valence-electron chi connectivity index (χ2n) is 4.13. The van der Waals surface area contributed by atoms with Gasteiger partial charge < -0.3 is 5.11 Å². The Labute approximate surface area is 123 Å². The van der Waals surface area contributed by atoms with Crippen LogP contribution in [0.4, 0.5) is 16.2 Å². The monoisotopic (exact) mass is 344 g/mol. The molecule has 0 radical (unpaired) electrons. The molecule has 20 heavy (non-hydrogen) atoms. The van der Waals surface area contributed by atoms with Gasteiger partial charge in [-0.25, -0.2) is 4.79 Å². The maximum atomic E-state index is 11.5. The van der Waals surface area contributed by atoms with Gasteiger partial charge in [0.1, 0.15) is 5.69 Å². The summed E-state index contributed by atoms with van der Waals surface area (Å²) >= 11 is 3.13. The van der Waals surface area contributed by atoms with Gasteiger partial charge in [-0.15, -0.1) is 0 Å². The van der Waals surface area contributed by atoms with E-state index < -0.39 is 17.6 Å². The number of Topliss-reactive ketones (excluding diaryl/α,β-unsaturated/α-hetero) is 1. The number of nitro benzene ring substituents is 1. The summed E-state index contributed by atoms with van der Waals surface area (Å²) in [7, 11) is 0. The van der Waals surface area contributed by atoms with E-state index in [2.05, 4.69) is 15.9 Å². The van der Waals surface area contributed by atoms with Crippen molar-refractivity contribution in [1.82, 2.24) is 0 Å². The van der Waals surface area contributed by atoms with Gasteiger partial charge in [-0.3, -0.25) is 19.8 Å². The van der Waals surface area contributed by atoms with Crippen LogP contribution in [0.2, 0.25) is 0 Å². The van der Waals surface area contributed by atoms with Crippen LogP contribution in [0, 0.1) is 17.0 Å². The van der Waals surface area contributed by atoms with E-state index in [0.29, 0.717) is 10.5 Å². The number of aryl methyl sites for hydroxylation is 1. The Hall–Kier alpha value is -1.96. The van der Waals surface area contributed by atoms with Gasteiger partial charge >= 0.3 is 6.09 Å². The van der Waals surface area contributed by atoms with Crippen LogP contribution in [-0.2, 0) is 4.79 Å². The Morgan fingerprint density at radius 3 is 2.50 bits per heavy atom. The Morgan fingerprint density at radius 2 is 2.05 bits per heavy atom. The van der Waals surface area contributed by atoms with Crippen LogP contribution in [0.5, 0.6) is 0 Å². The fourth-order valence-corrected chi connectivity index (χ4v) is 2.43. The molecule has 1 aromatic carbocycles. The molecule has 0 saturated heterocycles. The van der Waals surface area contributed by atoms with Crippen LogP contribution >= 0.6 is 15.9 Å². The number of benzene rings is 1. The van der Waals surface area contributed by atoms with E-state index in [1.54, 1.807) is 19.9 Å². The number of carboxylic acid groups (broad SMARTS) is 1. The highest BCUT2D eigenvalue weighted by Crippen LogP contribution is 2.37. The van der Waals surface area contributed by atoms with Crippen molar-refractivity contribution in [2.75, 3.05) is 11.4 Å². The highest BCUT2D eigenvalue weighted by atomic mass is 79.9. The molecule has 0 aromatic heterocycles. The minimum Gasteiger partial charge on any atom is -0.465 e. The van der Waals surface area contributed by atoms with Gasteiger partial charge in [0.2, 0.25) is 0 Å². The highest BCUT2D eigenvalue weighted by molar-refractivity contribution is 9.10. The second-order valence-corrected chi connectivity index (χ2v) is 4.99. The molecule has 7 nitrogen and oxygen atoms in total. The van der Waals surface area contributed by atoms with E-state index in [9.17, 15) is 24.8 Å². The van der Waals surface area contributed by atoms with Crippen LogP contribution < -0.4 is 4.90 Å². The number of nitrogens with zero attached hydrogens (tertiary/aromatic N) is 2. The Kier molecular flexibility index (Phi) is 5.20. The molecule has 1 amide bonds. The molecule has 0 aliphatic carbocycles. The zero-order chi connectivity index (χ0) is 15.4. The molecule has 0 aliphatic rings. The van der Waals surface area contributed by atoms with Crippen LogP contribution in [0.1, 0.15) is 18.9 Å². The fraction of sp³-hybridized carbons (Fsp3) is 0.333. The number of carbonyl (C=O) groups excluding carboxylic acids is 1. The molecule has 1 aromatic rings. The van der Waals surface area contributed by atoms with E-state index in [1.165, 1.54) is 6.07 Å². The standard InChI is InChI=1S/C12H13BrN2O5/c1-3-8(16)6-14(12(17)18)11-9(13)4-7(2)5-10(11)15(19)20/h4-5H,3,6H2,1-2H3,(H,17,18). The minimum absolute atomic E-state index is 0.130. The van der Waals surface area contributed by atoms with Gasteiger partial charge in [-0.2, -0.15) is 0 Å². The molecule has 0 spiro atoms. The van der Waals surface area contributed by atoms with Crippen LogP contribution in [0.25, 0.3) is 0 Å². The molecule has 0 saturated carbocycles. The van der Waals surface area contributed by atoms with E-state index in [1.807, 2.05) is 0 Å². The third-order valence-electron chi connectivity index (χ3n) is 2.61. The maximum Gasteiger partial charge on any atom is 0.412 e. The Balaban J connectivity index is 3.43. The number of hydrogen-bond acceptors (Lipinski definition) is 4. The zero-order valence-electron chi connectivity index (χ0n) is 10.9. The van der Waals surface area contributed by atoms with Crippen molar-refractivity contribution in [3.8, 4) is 0 Å². The summed E-state index contributed by atoms with van der Waals surface area (Å²) in [6.07, 6.45) is -1.26. The number of rotatable bonds is 5. The smallest absolute Gasteiger partial charge is 0.412 e. The molecule has 0 fully saturated rings. The van der Waals surface area contributed by atoms with E-state index in [0.717, 1.165) is 0 Å². The van der Waals surface area contributed by atoms with Crippen molar-refractivity contribution in [2.24, 2.45) is 0 Å². The summed E-state index contributed by atoms with van der Waals surface area (Å²) in [5, 5.41) is 20.3. The molecular weight excluding hydrogens is 332 g/mol. The van der Waals surface area contributed by atoms with Gasteiger partial charge in [0.25, 0.3) is 5.69 Å². The summed E-state index contributed by atoms with van der Waals surface area (Å²) in [4.78, 5) is 33.9. The normalized spacial score (nSPS) is 10.2. The molecule has 108 valence electrons. The quantitative estimate of drug-likeness (QED) is 0.653. The summed E-state index contributed by atoms with van der Waals surface area (Å²) in [5.74, 6) is -0.325. The number of halogens is 1. The molecular formula is C12H13BrN2O5. The Morgan fingerprint density at radius 1 is 1.45 bits per heavy atom. The van der Waals surface area contributed by atoms with Crippen molar-refractivity contribution in [3.63, 3.8) is 0 Å². The fourth-order valence-electron chi connectivity index (χ4n) is 1.65. The van der Waals surface area contributed by atoms with E-state index >= 15 is 0 Å². The van der Waals surface area contributed by atoms with E-state index in [4.69, 9.17) is 0 Å². The summed E-state index contributed by atoms with van der Waals surface area (Å²) < 4.78 is 0.260. The van der Waals surface area contributed by atoms with Crippen LogP contribution in [0.15, 0.2) is 16.6 Å².